The molecule has 1 N–H and O–H groups in total. The molecular weight excluding hydrogens is 270 g/mol. The van der Waals surface area contributed by atoms with E-state index in [-0.39, 0.29) is 0 Å². The molecule has 0 radical (unpaired) electrons. The topological polar surface area (TPSA) is 12.0 Å². The van der Waals surface area contributed by atoms with E-state index in [0.29, 0.717) is 11.5 Å². The van der Waals surface area contributed by atoms with Crippen molar-refractivity contribution in [2.45, 2.75) is 38.6 Å². The SMILES string of the molecule is CNC(c1sccc1Br)C1(C)CCCC1. The Bertz CT molecular complexity index is 328. The zero-order valence-electron chi connectivity index (χ0n) is 9.35. The molecule has 1 unspecified atom stereocenters. The summed E-state index contributed by atoms with van der Waals surface area (Å²) in [7, 11) is 2.08. The first-order valence-electron chi connectivity index (χ1n) is 5.57. The highest BCUT2D eigenvalue weighted by Gasteiger charge is 2.38. The molecule has 1 aromatic heterocycles. The molecule has 1 saturated carbocycles. The lowest BCUT2D eigenvalue weighted by molar-refractivity contribution is 0.236. The van der Waals surface area contributed by atoms with Crippen molar-refractivity contribution in [2.24, 2.45) is 5.41 Å². The Labute approximate surface area is 104 Å². The van der Waals surface area contributed by atoms with Crippen molar-refractivity contribution >= 4 is 27.3 Å². The molecule has 0 aliphatic heterocycles. The van der Waals surface area contributed by atoms with Crippen LogP contribution in [0.15, 0.2) is 15.9 Å². The highest BCUT2D eigenvalue weighted by atomic mass is 79.9. The Morgan fingerprint density at radius 2 is 2.13 bits per heavy atom. The van der Waals surface area contributed by atoms with Crippen molar-refractivity contribution in [1.29, 1.82) is 0 Å². The number of hydrogen-bond donors (Lipinski definition) is 1. The summed E-state index contributed by atoms with van der Waals surface area (Å²) >= 11 is 5.51. The average molecular weight is 288 g/mol. The minimum absolute atomic E-state index is 0.447. The maximum Gasteiger partial charge on any atom is 0.0478 e. The van der Waals surface area contributed by atoms with E-state index < -0.39 is 0 Å². The fourth-order valence-electron chi connectivity index (χ4n) is 2.78. The Kier molecular flexibility index (Phi) is 3.53. The van der Waals surface area contributed by atoms with E-state index in [1.54, 1.807) is 0 Å². The van der Waals surface area contributed by atoms with Crippen LogP contribution >= 0.6 is 27.3 Å². The van der Waals surface area contributed by atoms with Crippen molar-refractivity contribution in [1.82, 2.24) is 5.32 Å². The second-order valence-electron chi connectivity index (χ2n) is 4.72. The van der Waals surface area contributed by atoms with Gasteiger partial charge in [0.25, 0.3) is 0 Å². The number of rotatable bonds is 3. The quantitative estimate of drug-likeness (QED) is 0.871. The van der Waals surface area contributed by atoms with E-state index in [1.807, 2.05) is 11.3 Å². The average Bonchev–Trinajstić information content (AvgIpc) is 2.79. The summed E-state index contributed by atoms with van der Waals surface area (Å²) < 4.78 is 1.26. The van der Waals surface area contributed by atoms with Crippen molar-refractivity contribution in [3.05, 3.63) is 20.8 Å². The minimum Gasteiger partial charge on any atom is -0.312 e. The summed E-state index contributed by atoms with van der Waals surface area (Å²) in [5.41, 5.74) is 0.447. The largest absolute Gasteiger partial charge is 0.312 e. The molecule has 84 valence electrons. The molecule has 0 aromatic carbocycles. The van der Waals surface area contributed by atoms with Crippen LogP contribution in [-0.2, 0) is 0 Å². The van der Waals surface area contributed by atoms with Gasteiger partial charge >= 0.3 is 0 Å². The standard InChI is InChI=1S/C12H18BrNS/c1-12(6-3-4-7-12)11(14-2)10-9(13)5-8-15-10/h5,8,11,14H,3-4,6-7H2,1-2H3. The van der Waals surface area contributed by atoms with Crippen LogP contribution < -0.4 is 5.32 Å². The van der Waals surface area contributed by atoms with Gasteiger partial charge in [0.1, 0.15) is 0 Å². The van der Waals surface area contributed by atoms with Crippen LogP contribution in [0.4, 0.5) is 0 Å². The Hall–Kier alpha value is 0.140. The van der Waals surface area contributed by atoms with Gasteiger partial charge in [-0.3, -0.25) is 0 Å². The van der Waals surface area contributed by atoms with Crippen molar-refractivity contribution in [3.8, 4) is 0 Å². The maximum absolute atomic E-state index is 3.65. The number of thiophene rings is 1. The number of halogens is 1. The normalized spacial score (nSPS) is 21.8. The number of hydrogen-bond acceptors (Lipinski definition) is 2. The lowest BCUT2D eigenvalue weighted by Gasteiger charge is -2.33. The van der Waals surface area contributed by atoms with Gasteiger partial charge in [-0.05, 0) is 52.7 Å². The summed E-state index contributed by atoms with van der Waals surface area (Å²) in [4.78, 5) is 1.46. The van der Waals surface area contributed by atoms with Gasteiger partial charge in [-0.25, -0.2) is 0 Å². The molecule has 1 aromatic rings. The van der Waals surface area contributed by atoms with Gasteiger partial charge in [-0.1, -0.05) is 19.8 Å². The second-order valence-corrected chi connectivity index (χ2v) is 6.52. The molecule has 0 amide bonds. The smallest absolute Gasteiger partial charge is 0.0478 e. The van der Waals surface area contributed by atoms with Gasteiger partial charge in [0, 0.05) is 15.4 Å². The van der Waals surface area contributed by atoms with Gasteiger partial charge in [0.05, 0.1) is 0 Å². The molecule has 0 bridgehead atoms. The highest BCUT2D eigenvalue weighted by Crippen LogP contribution is 2.49. The predicted molar refractivity (Wildman–Crippen MR) is 70.4 cm³/mol. The zero-order valence-corrected chi connectivity index (χ0v) is 11.7. The van der Waals surface area contributed by atoms with Crippen LogP contribution in [-0.4, -0.2) is 7.05 Å². The Morgan fingerprint density at radius 3 is 2.60 bits per heavy atom. The van der Waals surface area contributed by atoms with Crippen LogP contribution in [0.2, 0.25) is 0 Å². The lowest BCUT2D eigenvalue weighted by Crippen LogP contribution is -2.31. The third kappa shape index (κ3) is 2.15. The molecule has 1 atom stereocenters. The van der Waals surface area contributed by atoms with Gasteiger partial charge in [-0.2, -0.15) is 0 Å². The van der Waals surface area contributed by atoms with Crippen LogP contribution in [0, 0.1) is 5.41 Å². The van der Waals surface area contributed by atoms with Gasteiger partial charge in [0.15, 0.2) is 0 Å². The van der Waals surface area contributed by atoms with Crippen LogP contribution in [0.5, 0.6) is 0 Å². The first-order chi connectivity index (χ1) is 7.17. The molecular formula is C12H18BrNS. The lowest BCUT2D eigenvalue weighted by atomic mass is 9.80. The van der Waals surface area contributed by atoms with Crippen LogP contribution in [0.1, 0.15) is 43.5 Å². The molecule has 1 aliphatic carbocycles. The zero-order chi connectivity index (χ0) is 10.9. The van der Waals surface area contributed by atoms with E-state index in [1.165, 1.54) is 35.0 Å². The third-order valence-electron chi connectivity index (χ3n) is 3.64. The summed E-state index contributed by atoms with van der Waals surface area (Å²) in [5.74, 6) is 0. The summed E-state index contributed by atoms with van der Waals surface area (Å²) in [5, 5.41) is 5.68. The van der Waals surface area contributed by atoms with Gasteiger partial charge < -0.3 is 5.32 Å². The Morgan fingerprint density at radius 1 is 1.47 bits per heavy atom. The summed E-state index contributed by atoms with van der Waals surface area (Å²) in [6.07, 6.45) is 5.47. The maximum atomic E-state index is 3.65. The van der Waals surface area contributed by atoms with Crippen LogP contribution in [0.25, 0.3) is 0 Å². The molecule has 3 heteroatoms. The highest BCUT2D eigenvalue weighted by molar-refractivity contribution is 9.10. The molecule has 0 saturated heterocycles. The number of nitrogens with one attached hydrogen (secondary N) is 1. The van der Waals surface area contributed by atoms with Gasteiger partial charge in [0.2, 0.25) is 0 Å². The van der Waals surface area contributed by atoms with E-state index in [0.717, 1.165) is 0 Å². The first-order valence-corrected chi connectivity index (χ1v) is 7.25. The Balaban J connectivity index is 2.27. The third-order valence-corrected chi connectivity index (χ3v) is 5.57. The summed E-state index contributed by atoms with van der Waals surface area (Å²) in [6, 6.07) is 2.66. The van der Waals surface area contributed by atoms with E-state index >= 15 is 0 Å². The van der Waals surface area contributed by atoms with Crippen molar-refractivity contribution in [3.63, 3.8) is 0 Å². The van der Waals surface area contributed by atoms with Crippen molar-refractivity contribution < 1.29 is 0 Å². The van der Waals surface area contributed by atoms with Crippen LogP contribution in [0.3, 0.4) is 0 Å². The summed E-state index contributed by atoms with van der Waals surface area (Å²) in [6.45, 7) is 2.42. The fraction of sp³-hybridized carbons (Fsp3) is 0.667. The molecule has 2 rings (SSSR count). The first kappa shape index (κ1) is 11.6. The molecule has 1 heterocycles. The fourth-order valence-corrected chi connectivity index (χ4v) is 4.67. The predicted octanol–water partition coefficient (Wildman–Crippen LogP) is 4.35. The molecule has 1 aliphatic rings. The molecule has 1 nitrogen and oxygen atoms in total. The molecule has 15 heavy (non-hydrogen) atoms. The van der Waals surface area contributed by atoms with Crippen molar-refractivity contribution in [2.75, 3.05) is 7.05 Å². The molecule has 1 fully saturated rings. The van der Waals surface area contributed by atoms with E-state index in [4.69, 9.17) is 0 Å². The minimum atomic E-state index is 0.447. The monoisotopic (exact) mass is 287 g/mol. The van der Waals surface area contributed by atoms with E-state index in [2.05, 4.69) is 46.7 Å². The van der Waals surface area contributed by atoms with E-state index in [9.17, 15) is 0 Å². The van der Waals surface area contributed by atoms with Gasteiger partial charge in [-0.15, -0.1) is 11.3 Å². The molecule has 0 spiro atoms. The second kappa shape index (κ2) is 4.56.